The third kappa shape index (κ3) is 3.56. The summed E-state index contributed by atoms with van der Waals surface area (Å²) < 4.78 is 123. The van der Waals surface area contributed by atoms with Gasteiger partial charge < -0.3 is 0 Å². The Balaban J connectivity index is 1.76. The van der Waals surface area contributed by atoms with Gasteiger partial charge in [-0.25, -0.2) is 0 Å². The molecule has 0 aliphatic rings. The molecule has 0 bridgehead atoms. The molecule has 2 heteroatoms. The lowest BCUT2D eigenvalue weighted by atomic mass is 9.85. The van der Waals surface area contributed by atoms with Crippen molar-refractivity contribution in [1.29, 1.82) is 0 Å². The number of rotatable bonds is 2. The molecule has 0 aromatic heterocycles. The van der Waals surface area contributed by atoms with Gasteiger partial charge in [-0.05, 0) is 102 Å². The summed E-state index contributed by atoms with van der Waals surface area (Å²) in [5.41, 5.74) is 0.440. The first kappa shape index (κ1) is 11.7. The number of fused-ring (bicyclic) bond motifs is 4. The highest BCUT2D eigenvalue weighted by Gasteiger charge is 2.18. The van der Waals surface area contributed by atoms with E-state index in [4.69, 9.17) is 16.4 Å². The molecule has 0 aliphatic carbocycles. The Kier molecular flexibility index (Phi) is 2.80. The van der Waals surface area contributed by atoms with Crippen molar-refractivity contribution in [3.63, 3.8) is 0 Å². The van der Waals surface area contributed by atoms with E-state index in [0.717, 1.165) is 0 Å². The molecule has 0 atom stereocenters. The van der Waals surface area contributed by atoms with Crippen LogP contribution in [0.5, 0.6) is 0 Å². The molecule has 7 aromatic carbocycles. The van der Waals surface area contributed by atoms with Gasteiger partial charge in [0, 0.05) is 8.95 Å². The Morgan fingerprint density at radius 3 is 1.31 bits per heavy atom. The van der Waals surface area contributed by atoms with E-state index >= 15 is 0 Å². The summed E-state index contributed by atoms with van der Waals surface area (Å²) in [7, 11) is 0. The van der Waals surface area contributed by atoms with E-state index in [-0.39, 0.29) is 55.9 Å². The summed E-state index contributed by atoms with van der Waals surface area (Å²) in [4.78, 5) is 0. The van der Waals surface area contributed by atoms with Gasteiger partial charge in [0.05, 0.1) is 19.2 Å². The molecule has 0 unspecified atom stereocenters. The second kappa shape index (κ2) is 8.58. The zero-order valence-electron chi connectivity index (χ0n) is 32.2. The van der Waals surface area contributed by atoms with Gasteiger partial charge in [0.2, 0.25) is 0 Å². The van der Waals surface area contributed by atoms with Crippen molar-refractivity contribution >= 4 is 74.9 Å². The molecule has 0 saturated heterocycles. The first-order valence-electron chi connectivity index (χ1n) is 17.9. The van der Waals surface area contributed by atoms with Crippen LogP contribution in [0.2, 0.25) is 0 Å². The average molecular weight is 602 g/mol. The maximum Gasteiger partial charge on any atom is 0.0636 e. The minimum atomic E-state index is -0.581. The predicted molar refractivity (Wildman–Crippen MR) is 163 cm³/mol. The Morgan fingerprint density at radius 2 is 0.861 bits per heavy atom. The number of hydrogen-bond acceptors (Lipinski definition) is 0. The van der Waals surface area contributed by atoms with E-state index in [2.05, 4.69) is 31.9 Å². The standard InChI is InChI=1S/C34H20Br2/c35-27-14-16-30-31(19-27)33(25-11-9-21-5-1-3-7-23(21)17-25)29-15-13-28(36)20-32(29)34(30)26-12-10-22-6-2-4-8-24(22)18-26/h1-20H/i1D,2D,3D,4D,5D,6D,7D,8D,9D,10D,11D,12D,17D,18D. The highest BCUT2D eigenvalue weighted by molar-refractivity contribution is 9.10. The van der Waals surface area contributed by atoms with Gasteiger partial charge in [-0.15, -0.1) is 0 Å². The maximum absolute atomic E-state index is 9.32. The summed E-state index contributed by atoms with van der Waals surface area (Å²) in [6.07, 6.45) is 0. The van der Waals surface area contributed by atoms with Crippen LogP contribution >= 0.6 is 31.9 Å². The van der Waals surface area contributed by atoms with E-state index < -0.39 is 72.5 Å². The zero-order chi connectivity index (χ0) is 36.4. The van der Waals surface area contributed by atoms with Gasteiger partial charge in [-0.1, -0.05) is 117 Å². The van der Waals surface area contributed by atoms with Crippen LogP contribution in [0, 0.1) is 0 Å². The van der Waals surface area contributed by atoms with Crippen LogP contribution in [0.3, 0.4) is 0 Å². The summed E-state index contributed by atoms with van der Waals surface area (Å²) in [6.45, 7) is 0. The van der Waals surface area contributed by atoms with E-state index in [0.29, 0.717) is 30.5 Å². The molecule has 7 rings (SSSR count). The van der Waals surface area contributed by atoms with Gasteiger partial charge in [0.1, 0.15) is 0 Å². The van der Waals surface area contributed by atoms with Crippen molar-refractivity contribution in [2.45, 2.75) is 0 Å². The predicted octanol–water partition coefficient (Wildman–Crippen LogP) is 11.2. The quantitative estimate of drug-likeness (QED) is 0.173. The summed E-state index contributed by atoms with van der Waals surface area (Å²) in [5.74, 6) is 0. The minimum absolute atomic E-state index is 0.0690. The van der Waals surface area contributed by atoms with Gasteiger partial charge >= 0.3 is 0 Å². The highest BCUT2D eigenvalue weighted by atomic mass is 79.9. The number of halogens is 2. The Labute approximate surface area is 246 Å². The molecule has 0 radical (unpaired) electrons. The SMILES string of the molecule is [2H]c1c([2H])c([2H])c2c([2H])c(-c3c4ccc(Br)cc4c(-c4c([2H])c([2H])c5c([2H])c([2H])c([2H])c([2H])c5c4[2H])c4ccc(Br)cc34)c([2H])c([2H])c2c1[2H]. The fraction of sp³-hybridized carbons (Fsp3) is 0. The van der Waals surface area contributed by atoms with E-state index in [9.17, 15) is 2.74 Å². The van der Waals surface area contributed by atoms with Crippen LogP contribution in [0.15, 0.2) is 130 Å². The minimum Gasteiger partial charge on any atom is -0.0616 e. The lowest BCUT2D eigenvalue weighted by Gasteiger charge is -2.19. The Morgan fingerprint density at radius 1 is 0.444 bits per heavy atom. The molecule has 7 aromatic rings. The van der Waals surface area contributed by atoms with Gasteiger partial charge in [-0.3, -0.25) is 0 Å². The van der Waals surface area contributed by atoms with Crippen molar-refractivity contribution in [2.24, 2.45) is 0 Å². The largest absolute Gasteiger partial charge is 0.0636 e. The normalized spacial score (nSPS) is 17.1. The third-order valence-corrected chi connectivity index (χ3v) is 7.03. The molecule has 36 heavy (non-hydrogen) atoms. The van der Waals surface area contributed by atoms with Crippen molar-refractivity contribution in [1.82, 2.24) is 0 Å². The number of hydrogen-bond donors (Lipinski definition) is 0. The smallest absolute Gasteiger partial charge is 0.0616 e. The first-order valence-corrected chi connectivity index (χ1v) is 12.4. The van der Waals surface area contributed by atoms with Crippen molar-refractivity contribution in [3.05, 3.63) is 130 Å². The zero-order valence-corrected chi connectivity index (χ0v) is 21.4. The van der Waals surface area contributed by atoms with E-state index in [1.54, 1.807) is 36.4 Å². The lowest BCUT2D eigenvalue weighted by Crippen LogP contribution is -1.92. The topological polar surface area (TPSA) is 0 Å². The Bertz CT molecular complexity index is 2540. The van der Waals surface area contributed by atoms with Gasteiger partial charge in [0.15, 0.2) is 0 Å². The van der Waals surface area contributed by atoms with E-state index in [1.807, 2.05) is 0 Å². The third-order valence-electron chi connectivity index (χ3n) is 6.04. The maximum atomic E-state index is 9.32. The van der Waals surface area contributed by atoms with Gasteiger partial charge in [-0.2, -0.15) is 0 Å². The summed E-state index contributed by atoms with van der Waals surface area (Å²) in [5, 5.41) is 0.669. The molecule has 0 amide bonds. The molecule has 0 saturated carbocycles. The first-order chi connectivity index (χ1) is 23.5. The van der Waals surface area contributed by atoms with Crippen LogP contribution in [0.1, 0.15) is 19.2 Å². The Hall–Kier alpha value is -3.46. The molecule has 0 aliphatic heterocycles. The monoisotopic (exact) mass is 600 g/mol. The molecule has 0 N–H and O–H groups in total. The van der Waals surface area contributed by atoms with Crippen LogP contribution in [0.25, 0.3) is 65.3 Å². The molecule has 0 heterocycles. The highest BCUT2D eigenvalue weighted by Crippen LogP contribution is 2.45. The molecule has 0 spiro atoms. The molecule has 170 valence electrons. The van der Waals surface area contributed by atoms with Crippen LogP contribution in [-0.2, 0) is 0 Å². The molecule has 0 fully saturated rings. The van der Waals surface area contributed by atoms with Crippen LogP contribution < -0.4 is 0 Å². The second-order valence-corrected chi connectivity index (χ2v) is 9.96. The fourth-order valence-electron chi connectivity index (χ4n) is 4.52. The van der Waals surface area contributed by atoms with Crippen molar-refractivity contribution < 1.29 is 19.2 Å². The van der Waals surface area contributed by atoms with E-state index in [1.165, 1.54) is 0 Å². The molecular formula is C34H20Br2. The van der Waals surface area contributed by atoms with Crippen molar-refractivity contribution in [3.8, 4) is 22.3 Å². The van der Waals surface area contributed by atoms with Crippen LogP contribution in [0.4, 0.5) is 0 Å². The average Bonchev–Trinajstić information content (AvgIpc) is 3.08. The van der Waals surface area contributed by atoms with Crippen molar-refractivity contribution in [2.75, 3.05) is 0 Å². The summed E-state index contributed by atoms with van der Waals surface area (Å²) in [6, 6.07) is 3.15. The molecule has 0 nitrogen and oxygen atoms in total. The second-order valence-electron chi connectivity index (χ2n) is 8.13. The molecular weight excluding hydrogens is 568 g/mol. The van der Waals surface area contributed by atoms with Gasteiger partial charge in [0.25, 0.3) is 0 Å². The summed E-state index contributed by atoms with van der Waals surface area (Å²) >= 11 is 7.01. The lowest BCUT2D eigenvalue weighted by molar-refractivity contribution is 1.65. The fourth-order valence-corrected chi connectivity index (χ4v) is 5.25. The number of benzene rings is 7. The van der Waals surface area contributed by atoms with Crippen LogP contribution in [-0.4, -0.2) is 0 Å².